The number of allylic oxidation sites excluding steroid dienone is 4. The van der Waals surface area contributed by atoms with Crippen LogP contribution < -0.4 is 4.90 Å². The molecular weight excluding hydrogens is 689 g/mol. The first kappa shape index (κ1) is 34.7. The fourth-order valence-corrected chi connectivity index (χ4v) is 9.76. The van der Waals surface area contributed by atoms with Crippen LogP contribution in [0.5, 0.6) is 0 Å². The molecule has 0 saturated carbocycles. The van der Waals surface area contributed by atoms with Crippen LogP contribution in [-0.4, -0.2) is 4.57 Å². The Morgan fingerprint density at radius 2 is 1.04 bits per heavy atom. The van der Waals surface area contributed by atoms with Gasteiger partial charge in [-0.2, -0.15) is 0 Å². The van der Waals surface area contributed by atoms with Crippen molar-refractivity contribution in [2.24, 2.45) is 0 Å². The van der Waals surface area contributed by atoms with Gasteiger partial charge in [-0.3, -0.25) is 0 Å². The number of fused-ring (bicyclic) bond motifs is 9. The third-order valence-corrected chi connectivity index (χ3v) is 12.7. The third kappa shape index (κ3) is 5.27. The van der Waals surface area contributed by atoms with Gasteiger partial charge in [-0.05, 0) is 129 Å². The zero-order valence-electron chi connectivity index (χ0n) is 33.1. The van der Waals surface area contributed by atoms with Crippen molar-refractivity contribution in [3.63, 3.8) is 0 Å². The van der Waals surface area contributed by atoms with Gasteiger partial charge >= 0.3 is 0 Å². The van der Waals surface area contributed by atoms with Crippen LogP contribution in [-0.2, 0) is 10.8 Å². The minimum Gasteiger partial charge on any atom is -0.313 e. The molecule has 1 aromatic heterocycles. The second-order valence-electron chi connectivity index (χ2n) is 16.6. The zero-order chi connectivity index (χ0) is 39.1. The number of anilines is 3. The summed E-state index contributed by atoms with van der Waals surface area (Å²) in [6.07, 6.45) is 11.2. The summed E-state index contributed by atoms with van der Waals surface area (Å²) >= 11 is 0. The molecule has 0 N–H and O–H groups in total. The highest BCUT2D eigenvalue weighted by Gasteiger charge is 2.37. The SMILES string of the molecule is C#C/C=C\C=C(/C)n1c2ccccc2c2cc(-c3ccc(N(c4ccc5c(c4)C(C)(C)c4ccccc4-5)c4ccc5c(c4)C(C)(C)c4ccccc4-5)cc3)ccc21. The quantitative estimate of drug-likeness (QED) is 0.122. The molecule has 0 spiro atoms. The van der Waals surface area contributed by atoms with E-state index in [9.17, 15) is 0 Å². The molecular formula is C55H44N2. The summed E-state index contributed by atoms with van der Waals surface area (Å²) in [6.45, 7) is 11.6. The van der Waals surface area contributed by atoms with Crippen molar-refractivity contribution in [2.75, 3.05) is 4.90 Å². The van der Waals surface area contributed by atoms with E-state index in [2.05, 4.69) is 208 Å². The van der Waals surface area contributed by atoms with Crippen molar-refractivity contribution in [3.05, 3.63) is 192 Å². The van der Waals surface area contributed by atoms with Crippen molar-refractivity contribution >= 4 is 44.6 Å². The van der Waals surface area contributed by atoms with E-state index in [1.54, 1.807) is 6.08 Å². The smallest absolute Gasteiger partial charge is 0.0538 e. The van der Waals surface area contributed by atoms with Gasteiger partial charge in [0.1, 0.15) is 0 Å². The number of hydrogen-bond donors (Lipinski definition) is 0. The average Bonchev–Trinajstić information content (AvgIpc) is 3.78. The van der Waals surface area contributed by atoms with Gasteiger partial charge in [0.15, 0.2) is 0 Å². The normalized spacial score (nSPS) is 14.7. The zero-order valence-corrected chi connectivity index (χ0v) is 33.1. The van der Waals surface area contributed by atoms with Gasteiger partial charge in [0.2, 0.25) is 0 Å². The monoisotopic (exact) mass is 732 g/mol. The maximum atomic E-state index is 5.48. The first-order valence-electron chi connectivity index (χ1n) is 19.9. The first-order chi connectivity index (χ1) is 27.7. The van der Waals surface area contributed by atoms with Crippen LogP contribution in [0.1, 0.15) is 56.9 Å². The van der Waals surface area contributed by atoms with Gasteiger partial charge in [0, 0.05) is 44.4 Å². The average molecular weight is 733 g/mol. The Morgan fingerprint density at radius 1 is 0.526 bits per heavy atom. The lowest BCUT2D eigenvalue weighted by Crippen LogP contribution is -2.18. The Hall–Kier alpha value is -6.82. The van der Waals surface area contributed by atoms with Crippen LogP contribution in [0, 0.1) is 12.3 Å². The highest BCUT2D eigenvalue weighted by atomic mass is 15.1. The van der Waals surface area contributed by atoms with Gasteiger partial charge in [-0.25, -0.2) is 0 Å². The number of hydrogen-bond acceptors (Lipinski definition) is 1. The molecule has 57 heavy (non-hydrogen) atoms. The Balaban J connectivity index is 1.09. The summed E-state index contributed by atoms with van der Waals surface area (Å²) in [4.78, 5) is 2.45. The molecule has 2 aliphatic carbocycles. The Kier molecular flexibility index (Phi) is 7.83. The molecule has 0 fully saturated rings. The topological polar surface area (TPSA) is 8.17 Å². The molecule has 0 atom stereocenters. The molecule has 2 heteroatoms. The van der Waals surface area contributed by atoms with Gasteiger partial charge in [-0.1, -0.05) is 137 Å². The minimum absolute atomic E-state index is 0.104. The number of rotatable bonds is 6. The number of benzene rings is 7. The fraction of sp³-hybridized carbons (Fsp3) is 0.127. The first-order valence-corrected chi connectivity index (χ1v) is 19.9. The van der Waals surface area contributed by atoms with E-state index in [1.165, 1.54) is 77.4 Å². The van der Waals surface area contributed by atoms with Gasteiger partial charge in [0.05, 0.1) is 11.0 Å². The van der Waals surface area contributed by atoms with E-state index in [0.29, 0.717) is 0 Å². The lowest BCUT2D eigenvalue weighted by Gasteiger charge is -2.30. The summed E-state index contributed by atoms with van der Waals surface area (Å²) in [5.74, 6) is 2.59. The summed E-state index contributed by atoms with van der Waals surface area (Å²) in [5, 5.41) is 2.46. The summed E-state index contributed by atoms with van der Waals surface area (Å²) in [6, 6.07) is 56.5. The van der Waals surface area contributed by atoms with Crippen LogP contribution in [0.3, 0.4) is 0 Å². The Morgan fingerprint density at radius 3 is 1.65 bits per heavy atom. The highest BCUT2D eigenvalue weighted by Crippen LogP contribution is 2.53. The van der Waals surface area contributed by atoms with Crippen molar-refractivity contribution in [1.82, 2.24) is 4.57 Å². The number of para-hydroxylation sites is 1. The van der Waals surface area contributed by atoms with E-state index in [4.69, 9.17) is 6.42 Å². The lowest BCUT2D eigenvalue weighted by atomic mass is 9.82. The molecule has 0 saturated heterocycles. The standard InChI is InChI=1S/C55H44N2/c1-7-8-9-16-36(2)56-52-22-15-12-19-46(52)47-33-38(25-32-53(47)56)37-23-26-39(27-24-37)57(40-28-30-44-42-17-10-13-20-48(42)54(3,4)50(44)34-40)41-29-31-45-43-18-11-14-21-49(43)55(5,6)51(45)35-41/h1,8-35H,2-6H3/b9-8-,36-16+. The van der Waals surface area contributed by atoms with Crippen LogP contribution >= 0.6 is 0 Å². The van der Waals surface area contributed by atoms with Gasteiger partial charge in [0.25, 0.3) is 0 Å². The highest BCUT2D eigenvalue weighted by molar-refractivity contribution is 6.11. The maximum Gasteiger partial charge on any atom is 0.0538 e. The molecule has 2 aliphatic rings. The van der Waals surface area contributed by atoms with E-state index in [1.807, 2.05) is 6.08 Å². The molecule has 1 heterocycles. The second-order valence-corrected chi connectivity index (χ2v) is 16.6. The predicted molar refractivity (Wildman–Crippen MR) is 243 cm³/mol. The molecule has 7 aromatic carbocycles. The van der Waals surface area contributed by atoms with E-state index in [0.717, 1.165) is 22.8 Å². The molecule has 0 radical (unpaired) electrons. The molecule has 274 valence electrons. The third-order valence-electron chi connectivity index (χ3n) is 12.7. The van der Waals surface area contributed by atoms with Crippen molar-refractivity contribution in [2.45, 2.75) is 45.4 Å². The largest absolute Gasteiger partial charge is 0.313 e. The molecule has 0 aliphatic heterocycles. The number of aromatic nitrogens is 1. The summed E-state index contributed by atoms with van der Waals surface area (Å²) in [7, 11) is 0. The number of terminal acetylenes is 1. The van der Waals surface area contributed by atoms with Gasteiger partial charge in [-0.15, -0.1) is 6.42 Å². The predicted octanol–water partition coefficient (Wildman–Crippen LogP) is 14.6. The maximum absolute atomic E-state index is 5.48. The van der Waals surface area contributed by atoms with Crippen molar-refractivity contribution in [1.29, 1.82) is 0 Å². The molecule has 2 nitrogen and oxygen atoms in total. The van der Waals surface area contributed by atoms with Crippen LogP contribution in [0.2, 0.25) is 0 Å². The van der Waals surface area contributed by atoms with E-state index >= 15 is 0 Å². The second kappa shape index (κ2) is 12.9. The van der Waals surface area contributed by atoms with Gasteiger partial charge < -0.3 is 9.47 Å². The lowest BCUT2D eigenvalue weighted by molar-refractivity contribution is 0.660. The van der Waals surface area contributed by atoms with Crippen LogP contribution in [0.25, 0.3) is 60.9 Å². The van der Waals surface area contributed by atoms with Crippen LogP contribution in [0.4, 0.5) is 17.1 Å². The summed E-state index contributed by atoms with van der Waals surface area (Å²) < 4.78 is 2.32. The Bertz CT molecular complexity index is 2920. The number of nitrogens with zero attached hydrogens (tertiary/aromatic N) is 2. The Labute approximate surface area is 336 Å². The molecule has 8 aromatic rings. The van der Waals surface area contributed by atoms with Crippen molar-refractivity contribution in [3.8, 4) is 45.7 Å². The molecule has 0 amide bonds. The molecule has 0 unspecified atom stereocenters. The molecule has 0 bridgehead atoms. The van der Waals surface area contributed by atoms with Crippen molar-refractivity contribution < 1.29 is 0 Å². The minimum atomic E-state index is -0.104. The van der Waals surface area contributed by atoms with E-state index in [-0.39, 0.29) is 10.8 Å². The van der Waals surface area contributed by atoms with E-state index < -0.39 is 0 Å². The fourth-order valence-electron chi connectivity index (χ4n) is 9.76. The van der Waals surface area contributed by atoms with Crippen LogP contribution in [0.15, 0.2) is 170 Å². The summed E-state index contributed by atoms with van der Waals surface area (Å²) in [5.41, 5.74) is 19.9. The molecule has 10 rings (SSSR count).